The summed E-state index contributed by atoms with van der Waals surface area (Å²) in [5, 5.41) is 1.02. The van der Waals surface area contributed by atoms with Gasteiger partial charge in [-0.25, -0.2) is 4.79 Å². The Morgan fingerprint density at radius 3 is 2.35 bits per heavy atom. The van der Waals surface area contributed by atoms with E-state index in [1.165, 1.54) is 37.5 Å². The molecule has 4 aromatic rings. The van der Waals surface area contributed by atoms with Gasteiger partial charge in [-0.2, -0.15) is 0 Å². The van der Waals surface area contributed by atoms with Crippen LogP contribution >= 0.6 is 23.2 Å². The summed E-state index contributed by atoms with van der Waals surface area (Å²) in [7, 11) is 0. The number of ether oxygens (including phenoxy) is 3. The molecule has 0 bridgehead atoms. The van der Waals surface area contributed by atoms with Crippen LogP contribution in [0.2, 0.25) is 10.0 Å². The van der Waals surface area contributed by atoms with Crippen LogP contribution in [0.1, 0.15) is 18.1 Å². The van der Waals surface area contributed by atoms with Gasteiger partial charge in [-0.05, 0) is 74.4 Å². The van der Waals surface area contributed by atoms with E-state index in [2.05, 4.69) is 0 Å². The molecule has 0 aliphatic carbocycles. The molecule has 0 N–H and O–H groups in total. The van der Waals surface area contributed by atoms with E-state index in [0.717, 1.165) is 11.1 Å². The first-order chi connectivity index (χ1) is 16.2. The van der Waals surface area contributed by atoms with Gasteiger partial charge in [-0.3, -0.25) is 4.79 Å². The highest BCUT2D eigenvalue weighted by molar-refractivity contribution is 6.35. The molecular weight excluding hydrogens is 479 g/mol. The van der Waals surface area contributed by atoms with E-state index in [0.29, 0.717) is 21.9 Å². The Labute approximate surface area is 205 Å². The molecule has 0 aliphatic heterocycles. The molecule has 174 valence electrons. The van der Waals surface area contributed by atoms with Crippen LogP contribution in [0.5, 0.6) is 23.0 Å². The van der Waals surface area contributed by atoms with Crippen LogP contribution in [0.3, 0.4) is 0 Å². The quantitative estimate of drug-likeness (QED) is 0.213. The zero-order valence-corrected chi connectivity index (χ0v) is 20.1. The molecule has 34 heavy (non-hydrogen) atoms. The van der Waals surface area contributed by atoms with Crippen LogP contribution in [0.15, 0.2) is 70.1 Å². The molecule has 0 fully saturated rings. The number of fused-ring (bicyclic) bond motifs is 1. The minimum absolute atomic E-state index is 0.0594. The summed E-state index contributed by atoms with van der Waals surface area (Å²) in [6.07, 6.45) is 0.289. The number of carbonyl (C=O) groups excluding carboxylic acids is 1. The van der Waals surface area contributed by atoms with Crippen molar-refractivity contribution in [3.63, 3.8) is 0 Å². The summed E-state index contributed by atoms with van der Waals surface area (Å²) in [5.41, 5.74) is 1.94. The molecule has 0 amide bonds. The van der Waals surface area contributed by atoms with E-state index in [1.807, 2.05) is 32.0 Å². The lowest BCUT2D eigenvalue weighted by Gasteiger charge is -2.15. The van der Waals surface area contributed by atoms with E-state index < -0.39 is 12.1 Å². The van der Waals surface area contributed by atoms with Gasteiger partial charge < -0.3 is 18.6 Å². The van der Waals surface area contributed by atoms with Crippen molar-refractivity contribution < 1.29 is 23.4 Å². The molecule has 0 spiro atoms. The highest BCUT2D eigenvalue weighted by Crippen LogP contribution is 2.29. The maximum Gasteiger partial charge on any atom is 0.352 e. The van der Waals surface area contributed by atoms with E-state index in [1.54, 1.807) is 12.1 Å². The third-order valence-electron chi connectivity index (χ3n) is 4.89. The molecule has 4 rings (SSSR count). The van der Waals surface area contributed by atoms with Gasteiger partial charge in [0.15, 0.2) is 6.10 Å². The average Bonchev–Trinajstić information content (AvgIpc) is 2.77. The van der Waals surface area contributed by atoms with Crippen molar-refractivity contribution in [2.45, 2.75) is 26.9 Å². The van der Waals surface area contributed by atoms with Gasteiger partial charge in [0.2, 0.25) is 11.2 Å². The number of esters is 1. The van der Waals surface area contributed by atoms with E-state index in [9.17, 15) is 9.59 Å². The van der Waals surface area contributed by atoms with Crippen molar-refractivity contribution in [1.29, 1.82) is 0 Å². The minimum atomic E-state index is -0.949. The number of halogens is 2. The minimum Gasteiger partial charge on any atom is -0.477 e. The Hall–Kier alpha value is -3.48. The molecule has 6 nitrogen and oxygen atoms in total. The van der Waals surface area contributed by atoms with Gasteiger partial charge in [0.05, 0.1) is 10.4 Å². The van der Waals surface area contributed by atoms with Gasteiger partial charge in [-0.1, -0.05) is 29.3 Å². The second-order valence-corrected chi connectivity index (χ2v) is 8.61. The molecule has 1 aromatic heterocycles. The molecule has 0 radical (unpaired) electrons. The van der Waals surface area contributed by atoms with Gasteiger partial charge in [0.1, 0.15) is 29.1 Å². The van der Waals surface area contributed by atoms with E-state index in [-0.39, 0.29) is 27.5 Å². The molecular formula is C26H20Cl2O6. The fourth-order valence-electron chi connectivity index (χ4n) is 3.35. The summed E-state index contributed by atoms with van der Waals surface area (Å²) < 4.78 is 22.3. The monoisotopic (exact) mass is 498 g/mol. The molecule has 3 aromatic carbocycles. The van der Waals surface area contributed by atoms with Crippen molar-refractivity contribution >= 4 is 40.1 Å². The van der Waals surface area contributed by atoms with Crippen LogP contribution in [-0.2, 0) is 4.79 Å². The van der Waals surface area contributed by atoms with Crippen LogP contribution in [0, 0.1) is 13.8 Å². The molecule has 0 saturated carbocycles. The Morgan fingerprint density at radius 2 is 1.65 bits per heavy atom. The molecule has 8 heteroatoms. The lowest BCUT2D eigenvalue weighted by molar-refractivity contribution is -0.141. The van der Waals surface area contributed by atoms with Crippen molar-refractivity contribution in [1.82, 2.24) is 0 Å². The van der Waals surface area contributed by atoms with Crippen molar-refractivity contribution in [2.75, 3.05) is 0 Å². The number of benzene rings is 3. The number of hydrogen-bond acceptors (Lipinski definition) is 6. The van der Waals surface area contributed by atoms with Crippen LogP contribution in [0.4, 0.5) is 0 Å². The van der Waals surface area contributed by atoms with E-state index >= 15 is 0 Å². The molecule has 1 atom stereocenters. The number of aryl methyl sites for hydroxylation is 2. The van der Waals surface area contributed by atoms with Crippen molar-refractivity contribution in [3.05, 3.63) is 92.3 Å². The number of carbonyl (C=O) groups is 1. The maximum absolute atomic E-state index is 12.9. The van der Waals surface area contributed by atoms with Crippen LogP contribution in [-0.4, -0.2) is 12.1 Å². The highest BCUT2D eigenvalue weighted by Gasteiger charge is 2.20. The predicted molar refractivity (Wildman–Crippen MR) is 131 cm³/mol. The van der Waals surface area contributed by atoms with Gasteiger partial charge in [0, 0.05) is 11.1 Å². The Bertz CT molecular complexity index is 1420. The SMILES string of the molecule is Cc1cc(C)cc(Oc2coc3cc(OC(=O)C(C)Oc4ccc(Cl)cc4Cl)ccc3c2=O)c1. The summed E-state index contributed by atoms with van der Waals surface area (Å²) in [6.45, 7) is 5.42. The third-order valence-corrected chi connectivity index (χ3v) is 5.42. The third kappa shape index (κ3) is 5.35. The van der Waals surface area contributed by atoms with Gasteiger partial charge in [-0.15, -0.1) is 0 Å². The zero-order valence-electron chi connectivity index (χ0n) is 18.6. The number of hydrogen-bond donors (Lipinski definition) is 0. The standard InChI is InChI=1S/C26H20Cl2O6/c1-14-8-15(2)10-19(9-14)33-24-13-31-23-12-18(5-6-20(23)25(24)29)34-26(30)16(3)32-22-7-4-17(27)11-21(22)28/h4-13,16H,1-3H3. The highest BCUT2D eigenvalue weighted by atomic mass is 35.5. The fourth-order valence-corrected chi connectivity index (χ4v) is 3.81. The normalized spacial score (nSPS) is 11.8. The topological polar surface area (TPSA) is 75.0 Å². The van der Waals surface area contributed by atoms with Gasteiger partial charge in [0.25, 0.3) is 0 Å². The first kappa shape index (κ1) is 23.7. The lowest BCUT2D eigenvalue weighted by atomic mass is 10.1. The number of rotatable bonds is 6. The predicted octanol–water partition coefficient (Wildman–Crippen LogP) is 6.88. The van der Waals surface area contributed by atoms with E-state index in [4.69, 9.17) is 41.8 Å². The summed E-state index contributed by atoms with van der Waals surface area (Å²) >= 11 is 12.0. The first-order valence-corrected chi connectivity index (χ1v) is 11.1. The molecule has 0 aliphatic rings. The average molecular weight is 499 g/mol. The smallest absolute Gasteiger partial charge is 0.352 e. The zero-order chi connectivity index (χ0) is 24.4. The second kappa shape index (κ2) is 9.79. The van der Waals surface area contributed by atoms with Gasteiger partial charge >= 0.3 is 5.97 Å². The van der Waals surface area contributed by atoms with Crippen molar-refractivity contribution in [3.8, 4) is 23.0 Å². The summed E-state index contributed by atoms with van der Waals surface area (Å²) in [5.74, 6) is 0.453. The largest absolute Gasteiger partial charge is 0.477 e. The second-order valence-electron chi connectivity index (χ2n) is 7.77. The van der Waals surface area contributed by atoms with Crippen molar-refractivity contribution in [2.24, 2.45) is 0 Å². The molecule has 0 saturated heterocycles. The first-order valence-electron chi connectivity index (χ1n) is 10.3. The van der Waals surface area contributed by atoms with Crippen LogP contribution in [0.25, 0.3) is 11.0 Å². The summed E-state index contributed by atoms with van der Waals surface area (Å²) in [4.78, 5) is 25.4. The Balaban J connectivity index is 1.50. The summed E-state index contributed by atoms with van der Waals surface area (Å²) in [6, 6.07) is 14.8. The Kier molecular flexibility index (Phi) is 6.82. The lowest BCUT2D eigenvalue weighted by Crippen LogP contribution is -2.28. The fraction of sp³-hybridized carbons (Fsp3) is 0.154. The molecule has 1 unspecified atom stereocenters. The van der Waals surface area contributed by atoms with Crippen LogP contribution < -0.4 is 19.6 Å². The maximum atomic E-state index is 12.9. The molecule has 1 heterocycles. The Morgan fingerprint density at radius 1 is 0.912 bits per heavy atom.